The fraction of sp³-hybridized carbons (Fsp3) is 0.278. The zero-order chi connectivity index (χ0) is 16.9. The van der Waals surface area contributed by atoms with Crippen LogP contribution >= 0.6 is 23.2 Å². The molecule has 1 saturated heterocycles. The van der Waals surface area contributed by atoms with Crippen LogP contribution in [0.4, 0.5) is 10.1 Å². The van der Waals surface area contributed by atoms with Crippen molar-refractivity contribution in [3.8, 4) is 0 Å². The Bertz CT molecular complexity index is 839. The molecule has 6 heteroatoms. The van der Waals surface area contributed by atoms with E-state index in [1.54, 1.807) is 12.3 Å². The van der Waals surface area contributed by atoms with Gasteiger partial charge in [0, 0.05) is 46.5 Å². The summed E-state index contributed by atoms with van der Waals surface area (Å²) in [5, 5.41) is 7.50. The van der Waals surface area contributed by atoms with Gasteiger partial charge < -0.3 is 10.6 Å². The summed E-state index contributed by atoms with van der Waals surface area (Å²) >= 11 is 11.9. The smallest absolute Gasteiger partial charge is 0.165 e. The van der Waals surface area contributed by atoms with E-state index in [0.717, 1.165) is 11.4 Å². The van der Waals surface area contributed by atoms with E-state index in [1.807, 2.05) is 24.3 Å². The summed E-state index contributed by atoms with van der Waals surface area (Å²) in [5.41, 5.74) is 2.46. The second-order valence-corrected chi connectivity index (χ2v) is 7.28. The number of hydrogen-bond acceptors (Lipinski definition) is 3. The molecule has 1 fully saturated rings. The van der Waals surface area contributed by atoms with Crippen molar-refractivity contribution in [2.24, 2.45) is 5.92 Å². The Morgan fingerprint density at radius 3 is 2.96 bits per heavy atom. The van der Waals surface area contributed by atoms with Gasteiger partial charge in [0.1, 0.15) is 0 Å². The molecule has 0 radical (unpaired) electrons. The number of hydrogen-bond donors (Lipinski definition) is 2. The third kappa shape index (κ3) is 2.50. The van der Waals surface area contributed by atoms with Crippen molar-refractivity contribution in [1.29, 1.82) is 0 Å². The average molecular weight is 364 g/mol. The SMILES string of the molecule is CC12C=C(Nc3cccc(Cl)c3)C1C(c1ccnc(Cl)c1F)CN2. The number of nitrogens with zero attached hydrogens (tertiary/aromatic N) is 1. The maximum absolute atomic E-state index is 14.4. The van der Waals surface area contributed by atoms with Gasteiger partial charge in [0.15, 0.2) is 11.0 Å². The van der Waals surface area contributed by atoms with Crippen molar-refractivity contribution in [3.05, 3.63) is 69.9 Å². The zero-order valence-electron chi connectivity index (χ0n) is 13.0. The van der Waals surface area contributed by atoms with Crippen molar-refractivity contribution >= 4 is 28.9 Å². The number of halogens is 3. The third-order valence-electron chi connectivity index (χ3n) is 4.93. The van der Waals surface area contributed by atoms with E-state index in [2.05, 4.69) is 28.6 Å². The van der Waals surface area contributed by atoms with E-state index in [4.69, 9.17) is 23.2 Å². The molecule has 0 bridgehead atoms. The van der Waals surface area contributed by atoms with Crippen LogP contribution in [0.3, 0.4) is 0 Å². The molecule has 3 atom stereocenters. The highest BCUT2D eigenvalue weighted by molar-refractivity contribution is 6.30. The third-order valence-corrected chi connectivity index (χ3v) is 5.43. The minimum atomic E-state index is -0.427. The highest BCUT2D eigenvalue weighted by Crippen LogP contribution is 2.51. The molecule has 1 aliphatic heterocycles. The lowest BCUT2D eigenvalue weighted by Gasteiger charge is -2.43. The van der Waals surface area contributed by atoms with E-state index in [-0.39, 0.29) is 22.5 Å². The van der Waals surface area contributed by atoms with Crippen LogP contribution in [0, 0.1) is 11.7 Å². The Morgan fingerprint density at radius 1 is 1.33 bits per heavy atom. The summed E-state index contributed by atoms with van der Waals surface area (Å²) in [6, 6.07) is 9.29. The second kappa shape index (κ2) is 5.73. The van der Waals surface area contributed by atoms with Crippen LogP contribution in [-0.2, 0) is 0 Å². The van der Waals surface area contributed by atoms with Crippen LogP contribution in [0.1, 0.15) is 18.4 Å². The second-order valence-electron chi connectivity index (χ2n) is 6.49. The topological polar surface area (TPSA) is 37.0 Å². The monoisotopic (exact) mass is 363 g/mol. The highest BCUT2D eigenvalue weighted by Gasteiger charge is 2.53. The molecule has 1 aromatic heterocycles. The molecule has 2 heterocycles. The van der Waals surface area contributed by atoms with Gasteiger partial charge in [-0.25, -0.2) is 9.37 Å². The summed E-state index contributed by atoms with van der Waals surface area (Å²) < 4.78 is 14.4. The molecule has 2 N–H and O–H groups in total. The number of nitrogens with one attached hydrogen (secondary N) is 2. The predicted molar refractivity (Wildman–Crippen MR) is 95.0 cm³/mol. The molecule has 1 aliphatic carbocycles. The van der Waals surface area contributed by atoms with Gasteiger partial charge in [-0.2, -0.15) is 0 Å². The van der Waals surface area contributed by atoms with Crippen LogP contribution in [0.25, 0.3) is 0 Å². The molecular weight excluding hydrogens is 348 g/mol. The number of rotatable bonds is 3. The largest absolute Gasteiger partial charge is 0.359 e. The minimum Gasteiger partial charge on any atom is -0.359 e. The molecular formula is C18H16Cl2FN3. The Morgan fingerprint density at radius 2 is 2.17 bits per heavy atom. The van der Waals surface area contributed by atoms with Crippen LogP contribution in [0.2, 0.25) is 10.2 Å². The van der Waals surface area contributed by atoms with Crippen molar-refractivity contribution in [1.82, 2.24) is 10.3 Å². The predicted octanol–water partition coefficient (Wildman–Crippen LogP) is 4.60. The molecule has 24 heavy (non-hydrogen) atoms. The van der Waals surface area contributed by atoms with Gasteiger partial charge in [0.2, 0.25) is 0 Å². The molecule has 1 aromatic carbocycles. The first-order valence-corrected chi connectivity index (χ1v) is 8.54. The van der Waals surface area contributed by atoms with Gasteiger partial charge in [-0.1, -0.05) is 29.3 Å². The van der Waals surface area contributed by atoms with E-state index >= 15 is 0 Å². The lowest BCUT2D eigenvalue weighted by molar-refractivity contribution is 0.351. The molecule has 3 nitrogen and oxygen atoms in total. The van der Waals surface area contributed by atoms with E-state index in [0.29, 0.717) is 17.1 Å². The summed E-state index contributed by atoms with van der Waals surface area (Å²) in [6.07, 6.45) is 3.71. The Labute approximate surface area is 149 Å². The van der Waals surface area contributed by atoms with E-state index in [9.17, 15) is 4.39 Å². The number of pyridine rings is 1. The van der Waals surface area contributed by atoms with Gasteiger partial charge in [-0.3, -0.25) is 0 Å². The lowest BCUT2D eigenvalue weighted by Crippen LogP contribution is -2.49. The van der Waals surface area contributed by atoms with Crippen molar-refractivity contribution < 1.29 is 4.39 Å². The Kier molecular flexibility index (Phi) is 3.79. The average Bonchev–Trinajstić information content (AvgIpc) is 2.79. The minimum absolute atomic E-state index is 0.00202. The molecule has 0 amide bonds. The number of fused-ring (bicyclic) bond motifs is 1. The summed E-state index contributed by atoms with van der Waals surface area (Å²) in [6.45, 7) is 2.82. The molecule has 0 spiro atoms. The zero-order valence-corrected chi connectivity index (χ0v) is 14.5. The number of anilines is 1. The van der Waals surface area contributed by atoms with E-state index < -0.39 is 5.82 Å². The molecule has 4 rings (SSSR count). The fourth-order valence-corrected chi connectivity index (χ4v) is 4.18. The van der Waals surface area contributed by atoms with Crippen molar-refractivity contribution in [2.75, 3.05) is 11.9 Å². The lowest BCUT2D eigenvalue weighted by atomic mass is 9.68. The number of benzene rings is 1. The van der Waals surface area contributed by atoms with Gasteiger partial charge in [-0.15, -0.1) is 0 Å². The van der Waals surface area contributed by atoms with Gasteiger partial charge in [-0.05, 0) is 42.8 Å². The van der Waals surface area contributed by atoms with Crippen molar-refractivity contribution in [3.63, 3.8) is 0 Å². The Balaban J connectivity index is 1.64. The van der Waals surface area contributed by atoms with Crippen LogP contribution in [0.15, 0.2) is 48.3 Å². The van der Waals surface area contributed by atoms with Crippen LogP contribution in [-0.4, -0.2) is 17.1 Å². The maximum atomic E-state index is 14.4. The van der Waals surface area contributed by atoms with Gasteiger partial charge >= 0.3 is 0 Å². The van der Waals surface area contributed by atoms with Crippen molar-refractivity contribution in [2.45, 2.75) is 18.4 Å². The van der Waals surface area contributed by atoms with Gasteiger partial charge in [0.25, 0.3) is 0 Å². The summed E-state index contributed by atoms with van der Waals surface area (Å²) in [4.78, 5) is 3.81. The highest BCUT2D eigenvalue weighted by atomic mass is 35.5. The van der Waals surface area contributed by atoms with Crippen LogP contribution in [0.5, 0.6) is 0 Å². The first kappa shape index (κ1) is 15.9. The normalized spacial score (nSPS) is 28.1. The fourth-order valence-electron chi connectivity index (χ4n) is 3.83. The molecule has 2 aromatic rings. The Hall–Kier alpha value is -1.62. The maximum Gasteiger partial charge on any atom is 0.165 e. The molecule has 3 unspecified atom stereocenters. The first-order valence-electron chi connectivity index (χ1n) is 7.78. The molecule has 2 aliphatic rings. The quantitative estimate of drug-likeness (QED) is 0.782. The molecule has 124 valence electrons. The van der Waals surface area contributed by atoms with E-state index in [1.165, 1.54) is 0 Å². The van der Waals surface area contributed by atoms with Gasteiger partial charge in [0.05, 0.1) is 0 Å². The summed E-state index contributed by atoms with van der Waals surface area (Å²) in [7, 11) is 0. The summed E-state index contributed by atoms with van der Waals surface area (Å²) in [5.74, 6) is -0.282. The first-order chi connectivity index (χ1) is 11.5. The van der Waals surface area contributed by atoms with Crippen LogP contribution < -0.4 is 10.6 Å². The molecule has 0 saturated carbocycles. The number of aromatic nitrogens is 1. The standard InChI is InChI=1S/C18H16Cl2FN3/c1-18-8-14(24-11-4-2-3-10(19)7-11)15(18)13(9-23-18)12-5-6-22-17(20)16(12)21/h2-8,13,15,23-24H,9H2,1H3.